The predicted molar refractivity (Wildman–Crippen MR) is 140 cm³/mol. The van der Waals surface area contributed by atoms with Crippen molar-refractivity contribution in [1.29, 1.82) is 0 Å². The Labute approximate surface area is 223 Å². The minimum atomic E-state index is -3.70. The Balaban J connectivity index is 1.57. The summed E-state index contributed by atoms with van der Waals surface area (Å²) in [6.07, 6.45) is 7.83. The third-order valence-corrected chi connectivity index (χ3v) is 9.12. The van der Waals surface area contributed by atoms with Crippen molar-refractivity contribution in [3.05, 3.63) is 47.5 Å². The Morgan fingerprint density at radius 3 is 2.41 bits per heavy atom. The van der Waals surface area contributed by atoms with Crippen LogP contribution in [0.25, 0.3) is 0 Å². The summed E-state index contributed by atoms with van der Waals surface area (Å²) < 4.78 is 28.4. The molecule has 0 radical (unpaired) electrons. The van der Waals surface area contributed by atoms with Gasteiger partial charge in [0.25, 0.3) is 0 Å². The molecule has 0 aliphatic carbocycles. The number of benzene rings is 1. The van der Waals surface area contributed by atoms with Gasteiger partial charge in [-0.1, -0.05) is 23.7 Å². The lowest BCUT2D eigenvalue weighted by Crippen LogP contribution is -2.66. The van der Waals surface area contributed by atoms with Crippen molar-refractivity contribution in [3.63, 3.8) is 0 Å². The van der Waals surface area contributed by atoms with Gasteiger partial charge in [0.2, 0.25) is 10.0 Å². The van der Waals surface area contributed by atoms with E-state index in [-0.39, 0.29) is 22.2 Å². The molecule has 2 aromatic rings. The number of carbonyl (C=O) groups excluding carboxylic acids is 2. The molecule has 12 heteroatoms. The third-order valence-electron chi connectivity index (χ3n) is 8.16. The van der Waals surface area contributed by atoms with Gasteiger partial charge in [0.05, 0.1) is 26.3 Å². The number of nitrogens with zero attached hydrogens (tertiary/aromatic N) is 4. The fourth-order valence-electron chi connectivity index (χ4n) is 6.16. The molecule has 37 heavy (non-hydrogen) atoms. The molecule has 2 N–H and O–H groups in total. The maximum absolute atomic E-state index is 14.0. The normalized spacial score (nSPS) is 24.9. The van der Waals surface area contributed by atoms with E-state index in [1.165, 1.54) is 6.92 Å². The van der Waals surface area contributed by atoms with E-state index in [0.29, 0.717) is 36.9 Å². The number of aromatic nitrogens is 3. The first kappa shape index (κ1) is 27.8. The van der Waals surface area contributed by atoms with Gasteiger partial charge in [-0.05, 0) is 55.0 Å². The second-order valence-corrected chi connectivity index (χ2v) is 12.7. The van der Waals surface area contributed by atoms with E-state index in [1.54, 1.807) is 36.9 Å². The summed E-state index contributed by atoms with van der Waals surface area (Å²) in [7, 11) is -3.70. The number of halogens is 1. The van der Waals surface area contributed by atoms with E-state index in [4.69, 9.17) is 11.6 Å². The van der Waals surface area contributed by atoms with Crippen molar-refractivity contribution in [3.8, 4) is 0 Å². The van der Waals surface area contributed by atoms with E-state index < -0.39 is 22.0 Å². The van der Waals surface area contributed by atoms with Crippen molar-refractivity contribution in [2.24, 2.45) is 11.3 Å². The zero-order valence-corrected chi connectivity index (χ0v) is 23.0. The van der Waals surface area contributed by atoms with Crippen molar-refractivity contribution in [1.82, 2.24) is 24.8 Å². The summed E-state index contributed by atoms with van der Waals surface area (Å²) in [6, 6.07) is 5.88. The number of imide groups is 1. The fraction of sp³-hybridized carbons (Fsp3) is 0.600. The molecule has 0 spiro atoms. The Bertz CT molecular complexity index is 1190. The second kappa shape index (κ2) is 11.3. The highest BCUT2D eigenvalue weighted by Gasteiger charge is 2.52. The van der Waals surface area contributed by atoms with Gasteiger partial charge in [0.1, 0.15) is 18.7 Å². The van der Waals surface area contributed by atoms with Crippen LogP contribution in [-0.2, 0) is 32.6 Å². The number of likely N-dealkylation sites (tertiary alicyclic amines) is 1. The molecule has 2 aliphatic heterocycles. The van der Waals surface area contributed by atoms with Crippen LogP contribution in [0, 0.1) is 11.3 Å². The number of hydrogen-bond acceptors (Lipinski definition) is 7. The van der Waals surface area contributed by atoms with E-state index in [0.717, 1.165) is 44.3 Å². The molecule has 1 aromatic carbocycles. The van der Waals surface area contributed by atoms with E-state index in [2.05, 4.69) is 20.1 Å². The minimum Gasteiger partial charge on any atom is -0.317 e. The highest BCUT2D eigenvalue weighted by molar-refractivity contribution is 7.88. The zero-order chi connectivity index (χ0) is 26.7. The molecule has 2 amide bonds. The SMILES string of the molecule is CC(=O)[N+]1(C(=O)[C@H](Cc2ccc(Cl)cc2)NS(C)(=O)=O)CCC(C2(Cn3cncn3)CCNCC2)CC1. The van der Waals surface area contributed by atoms with Crippen molar-refractivity contribution >= 4 is 33.4 Å². The van der Waals surface area contributed by atoms with Crippen LogP contribution >= 0.6 is 11.6 Å². The first-order chi connectivity index (χ1) is 17.5. The molecule has 2 aliphatic rings. The van der Waals surface area contributed by atoms with Crippen LogP contribution in [-0.4, -0.2) is 78.0 Å². The van der Waals surface area contributed by atoms with Crippen LogP contribution in [0.3, 0.4) is 0 Å². The van der Waals surface area contributed by atoms with Crippen LogP contribution in [0.5, 0.6) is 0 Å². The quantitative estimate of drug-likeness (QED) is 0.479. The van der Waals surface area contributed by atoms with Crippen molar-refractivity contribution in [2.45, 2.75) is 51.6 Å². The van der Waals surface area contributed by atoms with Crippen molar-refractivity contribution < 1.29 is 22.5 Å². The average Bonchev–Trinajstić information content (AvgIpc) is 3.37. The summed E-state index contributed by atoms with van der Waals surface area (Å²) in [5, 5.41) is 8.33. The van der Waals surface area contributed by atoms with E-state index in [9.17, 15) is 18.0 Å². The molecular formula is C25H36ClN6O4S+. The highest BCUT2D eigenvalue weighted by atomic mass is 35.5. The summed E-state index contributed by atoms with van der Waals surface area (Å²) in [5.41, 5.74) is 0.764. The third kappa shape index (κ3) is 6.46. The Kier molecular flexibility index (Phi) is 8.49. The van der Waals surface area contributed by atoms with E-state index >= 15 is 0 Å². The van der Waals surface area contributed by atoms with Crippen LogP contribution in [0.1, 0.15) is 38.2 Å². The smallest absolute Gasteiger partial charge is 0.317 e. The fourth-order valence-corrected chi connectivity index (χ4v) is 6.99. The topological polar surface area (TPSA) is 123 Å². The number of amides is 2. The van der Waals surface area contributed by atoms with Gasteiger partial charge in [-0.3, -0.25) is 4.68 Å². The maximum Gasteiger partial charge on any atom is 0.339 e. The van der Waals surface area contributed by atoms with Gasteiger partial charge in [-0.2, -0.15) is 14.3 Å². The first-order valence-electron chi connectivity index (χ1n) is 12.7. The molecule has 1 atom stereocenters. The van der Waals surface area contributed by atoms with Crippen LogP contribution < -0.4 is 10.0 Å². The molecule has 2 fully saturated rings. The van der Waals surface area contributed by atoms with Gasteiger partial charge >= 0.3 is 11.8 Å². The molecule has 10 nitrogen and oxygen atoms in total. The van der Waals surface area contributed by atoms with Gasteiger partial charge in [0, 0.05) is 30.8 Å². The summed E-state index contributed by atoms with van der Waals surface area (Å²) in [4.78, 5) is 31.2. The molecular weight excluding hydrogens is 516 g/mol. The number of hydrogen-bond donors (Lipinski definition) is 2. The standard InChI is InChI=1S/C25H36ClN6O4S/c1-19(33)32(24(34)23(30-37(2,35)36)15-20-3-5-22(26)6-4-20)13-7-21(8-14-32)25(9-11-27-12-10-25)16-31-18-28-17-29-31/h3-6,17-18,21,23,27,30H,7-16H2,1-2H3/q+1/t21?,23-,32?/m0/s1. The molecule has 4 rings (SSSR count). The monoisotopic (exact) mass is 551 g/mol. The van der Waals surface area contributed by atoms with Crippen LogP contribution in [0.15, 0.2) is 36.9 Å². The molecule has 0 unspecified atom stereocenters. The number of carbonyl (C=O) groups is 2. The predicted octanol–water partition coefficient (Wildman–Crippen LogP) is 1.76. The number of rotatable bonds is 8. The second-order valence-electron chi connectivity index (χ2n) is 10.5. The summed E-state index contributed by atoms with van der Waals surface area (Å²) in [5.74, 6) is -0.341. The lowest BCUT2D eigenvalue weighted by Gasteiger charge is -2.48. The molecule has 2 saturated heterocycles. The number of piperidine rings is 2. The maximum atomic E-state index is 14.0. The lowest BCUT2D eigenvalue weighted by atomic mass is 9.65. The molecule has 1 aromatic heterocycles. The molecule has 202 valence electrons. The number of quaternary nitrogens is 1. The number of sulfonamides is 1. The largest absolute Gasteiger partial charge is 0.339 e. The number of nitrogens with one attached hydrogen (secondary N) is 2. The van der Waals surface area contributed by atoms with Crippen LogP contribution in [0.2, 0.25) is 5.02 Å². The van der Waals surface area contributed by atoms with E-state index in [1.807, 2.05) is 4.68 Å². The average molecular weight is 552 g/mol. The van der Waals surface area contributed by atoms with Gasteiger partial charge in [0.15, 0.2) is 0 Å². The summed E-state index contributed by atoms with van der Waals surface area (Å²) >= 11 is 6.00. The van der Waals surface area contributed by atoms with Crippen molar-refractivity contribution in [2.75, 3.05) is 32.4 Å². The zero-order valence-electron chi connectivity index (χ0n) is 21.4. The van der Waals surface area contributed by atoms with Crippen LogP contribution in [0.4, 0.5) is 0 Å². The molecule has 0 bridgehead atoms. The Morgan fingerprint density at radius 1 is 1.22 bits per heavy atom. The van der Waals surface area contributed by atoms with Gasteiger partial charge in [-0.15, -0.1) is 0 Å². The molecule has 0 saturated carbocycles. The first-order valence-corrected chi connectivity index (χ1v) is 15.0. The molecule has 3 heterocycles. The Morgan fingerprint density at radius 2 is 1.86 bits per heavy atom. The Hall–Kier alpha value is -2.18. The summed E-state index contributed by atoms with van der Waals surface area (Å²) in [6.45, 7) is 4.73. The minimum absolute atomic E-state index is 0.00256. The van der Waals surface area contributed by atoms with Gasteiger partial charge in [-0.25, -0.2) is 23.0 Å². The highest BCUT2D eigenvalue weighted by Crippen LogP contribution is 2.45. The lowest BCUT2D eigenvalue weighted by molar-refractivity contribution is -0.787. The van der Waals surface area contributed by atoms with Gasteiger partial charge < -0.3 is 5.32 Å².